The van der Waals surface area contributed by atoms with E-state index in [1.807, 2.05) is 26.0 Å². The molecule has 0 unspecified atom stereocenters. The van der Waals surface area contributed by atoms with Gasteiger partial charge in [0.2, 0.25) is 0 Å². The number of anilines is 1. The third-order valence-corrected chi connectivity index (χ3v) is 5.06. The second-order valence-corrected chi connectivity index (χ2v) is 7.90. The van der Waals surface area contributed by atoms with Crippen LogP contribution in [0.5, 0.6) is 5.75 Å². The van der Waals surface area contributed by atoms with E-state index in [9.17, 15) is 15.0 Å². The average Bonchev–Trinajstić information content (AvgIpc) is 2.58. The van der Waals surface area contributed by atoms with Gasteiger partial charge in [0.1, 0.15) is 11.9 Å². The normalized spacial score (nSPS) is 13.1. The van der Waals surface area contributed by atoms with Crippen LogP contribution in [0, 0.1) is 12.8 Å². The SMILES string of the molecule is Cc1ccc(NC(=O)O[C@H](c2cc(Br)cc(Br)c2O)[C@@H](C)CCO)cc1. The molecule has 5 nitrogen and oxygen atoms in total. The Kier molecular flexibility index (Phi) is 7.49. The highest BCUT2D eigenvalue weighted by molar-refractivity contribution is 9.11. The molecule has 0 aromatic heterocycles. The number of carbonyl (C=O) groups is 1. The number of rotatable bonds is 6. The van der Waals surface area contributed by atoms with Crippen LogP contribution in [0.1, 0.15) is 30.6 Å². The summed E-state index contributed by atoms with van der Waals surface area (Å²) in [5.41, 5.74) is 2.17. The molecule has 0 saturated heterocycles. The summed E-state index contributed by atoms with van der Waals surface area (Å²) in [4.78, 5) is 12.4. The van der Waals surface area contributed by atoms with Gasteiger partial charge in [-0.1, -0.05) is 40.5 Å². The van der Waals surface area contributed by atoms with Crippen molar-refractivity contribution in [3.63, 3.8) is 0 Å². The minimum absolute atomic E-state index is 0.00567. The van der Waals surface area contributed by atoms with Crippen LogP contribution in [0.25, 0.3) is 0 Å². The molecule has 26 heavy (non-hydrogen) atoms. The Morgan fingerprint density at radius 1 is 1.23 bits per heavy atom. The maximum Gasteiger partial charge on any atom is 0.412 e. The lowest BCUT2D eigenvalue weighted by Crippen LogP contribution is -2.22. The fourth-order valence-electron chi connectivity index (χ4n) is 2.54. The summed E-state index contributed by atoms with van der Waals surface area (Å²) >= 11 is 6.68. The van der Waals surface area contributed by atoms with Crippen LogP contribution in [-0.2, 0) is 4.74 Å². The van der Waals surface area contributed by atoms with Crippen molar-refractivity contribution in [2.45, 2.75) is 26.4 Å². The molecule has 0 aliphatic carbocycles. The Bertz CT molecular complexity index is 765. The van der Waals surface area contributed by atoms with E-state index in [1.165, 1.54) is 0 Å². The Balaban J connectivity index is 2.25. The number of hydrogen-bond donors (Lipinski definition) is 3. The van der Waals surface area contributed by atoms with Gasteiger partial charge in [-0.05, 0) is 59.5 Å². The van der Waals surface area contributed by atoms with Crippen molar-refractivity contribution < 1.29 is 19.7 Å². The highest BCUT2D eigenvalue weighted by Gasteiger charge is 2.27. The van der Waals surface area contributed by atoms with Crippen LogP contribution in [0.3, 0.4) is 0 Å². The number of amides is 1. The summed E-state index contributed by atoms with van der Waals surface area (Å²) in [6.45, 7) is 3.77. The number of aliphatic hydroxyl groups excluding tert-OH is 1. The summed E-state index contributed by atoms with van der Waals surface area (Å²) in [6.07, 6.45) is -0.924. The number of nitrogens with one attached hydrogen (secondary N) is 1. The van der Waals surface area contributed by atoms with E-state index in [1.54, 1.807) is 24.3 Å². The number of aryl methyl sites for hydroxylation is 1. The number of hydrogen-bond acceptors (Lipinski definition) is 4. The molecule has 0 bridgehead atoms. The molecule has 0 aliphatic rings. The molecule has 2 aromatic carbocycles. The molecule has 0 spiro atoms. The van der Waals surface area contributed by atoms with E-state index in [2.05, 4.69) is 37.2 Å². The molecule has 0 aliphatic heterocycles. The molecule has 7 heteroatoms. The van der Waals surface area contributed by atoms with Crippen LogP contribution in [-0.4, -0.2) is 22.9 Å². The Labute approximate surface area is 169 Å². The Hall–Kier alpha value is -1.57. The molecule has 2 rings (SSSR count). The lowest BCUT2D eigenvalue weighted by molar-refractivity contribution is 0.0651. The van der Waals surface area contributed by atoms with E-state index >= 15 is 0 Å². The number of ether oxygens (including phenoxy) is 1. The fraction of sp³-hybridized carbons (Fsp3) is 0.316. The first-order valence-electron chi connectivity index (χ1n) is 8.15. The van der Waals surface area contributed by atoms with Gasteiger partial charge in [0, 0.05) is 22.3 Å². The van der Waals surface area contributed by atoms with Gasteiger partial charge in [-0.3, -0.25) is 5.32 Å². The van der Waals surface area contributed by atoms with Gasteiger partial charge in [0.15, 0.2) is 0 Å². The minimum Gasteiger partial charge on any atom is -0.506 e. The maximum atomic E-state index is 12.4. The standard InChI is InChI=1S/C19H21Br2NO4/c1-11-3-5-14(6-4-11)22-19(25)26-18(12(2)7-8-23)15-9-13(20)10-16(21)17(15)24/h3-6,9-10,12,18,23-24H,7-8H2,1-2H3,(H,22,25)/t12-,18-/m0/s1. The summed E-state index contributed by atoms with van der Waals surface area (Å²) in [5, 5.41) is 22.4. The molecule has 0 fully saturated rings. The molecule has 0 heterocycles. The molecule has 2 aromatic rings. The first-order valence-corrected chi connectivity index (χ1v) is 9.73. The van der Waals surface area contributed by atoms with Crippen LogP contribution < -0.4 is 5.32 Å². The summed E-state index contributed by atoms with van der Waals surface area (Å²) in [5.74, 6) is -0.193. The van der Waals surface area contributed by atoms with E-state index in [-0.39, 0.29) is 18.3 Å². The van der Waals surface area contributed by atoms with Crippen molar-refractivity contribution in [3.8, 4) is 5.75 Å². The maximum absolute atomic E-state index is 12.4. The number of phenolic OH excluding ortho intramolecular Hbond substituents is 1. The van der Waals surface area contributed by atoms with E-state index in [0.717, 1.165) is 10.0 Å². The number of carbonyl (C=O) groups excluding carboxylic acids is 1. The van der Waals surface area contributed by atoms with Crippen molar-refractivity contribution in [1.29, 1.82) is 0 Å². The van der Waals surface area contributed by atoms with Gasteiger partial charge in [-0.25, -0.2) is 4.79 Å². The first-order chi connectivity index (χ1) is 12.3. The highest BCUT2D eigenvalue weighted by atomic mass is 79.9. The quantitative estimate of drug-likeness (QED) is 0.501. The van der Waals surface area contributed by atoms with Gasteiger partial charge in [-0.15, -0.1) is 0 Å². The number of benzene rings is 2. The molecule has 140 valence electrons. The molecule has 1 amide bonds. The topological polar surface area (TPSA) is 78.8 Å². The zero-order valence-electron chi connectivity index (χ0n) is 14.5. The zero-order chi connectivity index (χ0) is 19.3. The Morgan fingerprint density at radius 2 is 1.88 bits per heavy atom. The third kappa shape index (κ3) is 5.46. The first kappa shape index (κ1) is 20.7. The van der Waals surface area contributed by atoms with E-state index in [0.29, 0.717) is 22.1 Å². The zero-order valence-corrected chi connectivity index (χ0v) is 17.7. The lowest BCUT2D eigenvalue weighted by atomic mass is 9.94. The summed E-state index contributed by atoms with van der Waals surface area (Å²) < 4.78 is 6.84. The second kappa shape index (κ2) is 9.39. The molecular weight excluding hydrogens is 466 g/mol. The highest BCUT2D eigenvalue weighted by Crippen LogP contribution is 2.40. The number of aliphatic hydroxyl groups is 1. The molecular formula is C19H21Br2NO4. The number of halogens is 2. The predicted molar refractivity (Wildman–Crippen MR) is 108 cm³/mol. The largest absolute Gasteiger partial charge is 0.506 e. The average molecular weight is 487 g/mol. The van der Waals surface area contributed by atoms with Crippen LogP contribution in [0.15, 0.2) is 45.3 Å². The van der Waals surface area contributed by atoms with E-state index in [4.69, 9.17) is 4.74 Å². The van der Waals surface area contributed by atoms with Crippen LogP contribution >= 0.6 is 31.9 Å². The van der Waals surface area contributed by atoms with Crippen molar-refractivity contribution in [2.75, 3.05) is 11.9 Å². The number of aromatic hydroxyl groups is 1. The van der Waals surface area contributed by atoms with Gasteiger partial charge < -0.3 is 14.9 Å². The molecule has 0 radical (unpaired) electrons. The summed E-state index contributed by atoms with van der Waals surface area (Å²) in [7, 11) is 0. The van der Waals surface area contributed by atoms with Crippen LogP contribution in [0.4, 0.5) is 10.5 Å². The van der Waals surface area contributed by atoms with E-state index < -0.39 is 12.2 Å². The smallest absolute Gasteiger partial charge is 0.412 e. The number of phenols is 1. The molecule has 2 atom stereocenters. The van der Waals surface area contributed by atoms with Gasteiger partial charge in [0.25, 0.3) is 0 Å². The van der Waals surface area contributed by atoms with Gasteiger partial charge >= 0.3 is 6.09 Å². The third-order valence-electron chi connectivity index (χ3n) is 4.00. The van der Waals surface area contributed by atoms with Crippen LogP contribution in [0.2, 0.25) is 0 Å². The van der Waals surface area contributed by atoms with Crippen molar-refractivity contribution in [2.24, 2.45) is 5.92 Å². The fourth-order valence-corrected chi connectivity index (χ4v) is 3.80. The monoisotopic (exact) mass is 485 g/mol. The molecule has 0 saturated carbocycles. The lowest BCUT2D eigenvalue weighted by Gasteiger charge is -2.25. The van der Waals surface area contributed by atoms with Crippen molar-refractivity contribution >= 4 is 43.6 Å². The minimum atomic E-state index is -0.721. The van der Waals surface area contributed by atoms with Crippen molar-refractivity contribution in [3.05, 3.63) is 56.5 Å². The predicted octanol–water partition coefficient (Wildman–Crippen LogP) is 5.53. The Morgan fingerprint density at radius 3 is 2.50 bits per heavy atom. The summed E-state index contributed by atoms with van der Waals surface area (Å²) in [6, 6.07) is 10.8. The second-order valence-electron chi connectivity index (χ2n) is 6.13. The molecule has 3 N–H and O–H groups in total. The van der Waals surface area contributed by atoms with Gasteiger partial charge in [0.05, 0.1) is 4.47 Å². The van der Waals surface area contributed by atoms with Crippen molar-refractivity contribution in [1.82, 2.24) is 0 Å². The van der Waals surface area contributed by atoms with Gasteiger partial charge in [-0.2, -0.15) is 0 Å².